The van der Waals surface area contributed by atoms with Gasteiger partial charge in [-0.1, -0.05) is 31.9 Å². The Morgan fingerprint density at radius 2 is 2.14 bits per heavy atom. The summed E-state index contributed by atoms with van der Waals surface area (Å²) in [5.41, 5.74) is 3.05. The summed E-state index contributed by atoms with van der Waals surface area (Å²) in [6, 6.07) is 0. The predicted molar refractivity (Wildman–Crippen MR) is 107 cm³/mol. The molecule has 28 heavy (non-hydrogen) atoms. The van der Waals surface area contributed by atoms with Gasteiger partial charge in [0.1, 0.15) is 5.69 Å². The van der Waals surface area contributed by atoms with Crippen molar-refractivity contribution in [3.8, 4) is 5.88 Å². The number of rotatable bonds is 3. The quantitative estimate of drug-likeness (QED) is 0.715. The van der Waals surface area contributed by atoms with Crippen LogP contribution in [0.15, 0.2) is 6.20 Å². The van der Waals surface area contributed by atoms with Crippen LogP contribution in [0.1, 0.15) is 45.2 Å². The summed E-state index contributed by atoms with van der Waals surface area (Å²) in [7, 11) is 0. The van der Waals surface area contributed by atoms with Crippen LogP contribution in [-0.2, 0) is 19.5 Å². The Labute approximate surface area is 168 Å². The van der Waals surface area contributed by atoms with Crippen molar-refractivity contribution in [2.75, 3.05) is 11.9 Å². The second-order valence-corrected chi connectivity index (χ2v) is 8.43. The molecule has 0 saturated heterocycles. The van der Waals surface area contributed by atoms with Crippen molar-refractivity contribution in [2.45, 2.75) is 59.0 Å². The van der Waals surface area contributed by atoms with Crippen LogP contribution >= 0.6 is 11.6 Å². The van der Waals surface area contributed by atoms with Gasteiger partial charge in [-0.25, -0.2) is 9.67 Å². The van der Waals surface area contributed by atoms with Crippen LogP contribution < -0.4 is 10.1 Å². The lowest BCUT2D eigenvalue weighted by molar-refractivity contribution is 0.123. The highest BCUT2D eigenvalue weighted by atomic mass is 35.5. The number of aryl methyl sites for hydroxylation is 1. The van der Waals surface area contributed by atoms with E-state index >= 15 is 0 Å². The van der Waals surface area contributed by atoms with Gasteiger partial charge in [-0.15, -0.1) is 5.10 Å². The molecule has 5 rings (SSSR count). The molecular formula is C19H24ClN7O. The molecule has 148 valence electrons. The normalized spacial score (nSPS) is 18.1. The average Bonchev–Trinajstić information content (AvgIpc) is 3.13. The number of anilines is 2. The topological polar surface area (TPSA) is 82.7 Å². The van der Waals surface area contributed by atoms with Gasteiger partial charge in [0.15, 0.2) is 10.8 Å². The molecule has 4 heterocycles. The molecule has 2 bridgehead atoms. The number of hydrogen-bond acceptors (Lipinski definition) is 6. The number of nitrogens with zero attached hydrogens (tertiary/aromatic N) is 6. The maximum atomic E-state index is 6.24. The minimum atomic E-state index is 0.328. The van der Waals surface area contributed by atoms with E-state index in [9.17, 15) is 0 Å². The number of aromatic nitrogens is 6. The van der Waals surface area contributed by atoms with E-state index in [0.717, 1.165) is 41.8 Å². The second kappa shape index (κ2) is 6.62. The van der Waals surface area contributed by atoms with Gasteiger partial charge < -0.3 is 10.1 Å². The molecule has 0 spiro atoms. The van der Waals surface area contributed by atoms with Gasteiger partial charge in [-0.2, -0.15) is 10.1 Å². The largest absolute Gasteiger partial charge is 0.475 e. The number of fused-ring (bicyclic) bond motifs is 2. The van der Waals surface area contributed by atoms with Crippen LogP contribution in [-0.4, -0.2) is 36.1 Å². The van der Waals surface area contributed by atoms with Crippen molar-refractivity contribution in [3.63, 3.8) is 0 Å². The Bertz CT molecular complexity index is 1040. The zero-order valence-electron chi connectivity index (χ0n) is 16.2. The van der Waals surface area contributed by atoms with Crippen molar-refractivity contribution in [1.29, 1.82) is 0 Å². The molecule has 1 saturated carbocycles. The highest BCUT2D eigenvalue weighted by Gasteiger charge is 2.34. The standard InChI is InChI=1S/C19H24ClN7O/c1-3-13-14-17(25-27(13)11-19(2)6-4-7-19)28-9-5-8-26-16-12(15(20)24-26)10-21-18(22-14)23-16/h10H,3-9,11H2,1-2H3,(H,21,22,23). The first kappa shape index (κ1) is 17.7. The van der Waals surface area contributed by atoms with Crippen LogP contribution in [0, 0.1) is 5.41 Å². The first-order chi connectivity index (χ1) is 13.6. The van der Waals surface area contributed by atoms with Gasteiger partial charge in [0, 0.05) is 25.7 Å². The van der Waals surface area contributed by atoms with Crippen LogP contribution in [0.25, 0.3) is 11.0 Å². The van der Waals surface area contributed by atoms with E-state index in [1.165, 1.54) is 19.3 Å². The predicted octanol–water partition coefficient (Wildman–Crippen LogP) is 3.95. The fourth-order valence-corrected chi connectivity index (χ4v) is 4.35. The number of nitrogens with one attached hydrogen (secondary N) is 1. The second-order valence-electron chi connectivity index (χ2n) is 8.07. The Balaban J connectivity index is 1.58. The van der Waals surface area contributed by atoms with E-state index in [1.54, 1.807) is 6.20 Å². The number of ether oxygens (including phenoxy) is 1. The SMILES string of the molecule is CCc1c2c(nn1CC1(C)CCC1)OCCCn1nc(Cl)c3cnc(nc31)N2. The molecule has 9 heteroatoms. The fraction of sp³-hybridized carbons (Fsp3) is 0.579. The summed E-state index contributed by atoms with van der Waals surface area (Å²) in [6.07, 6.45) is 7.16. The molecule has 0 aromatic carbocycles. The molecule has 1 N–H and O–H groups in total. The Morgan fingerprint density at radius 3 is 2.89 bits per heavy atom. The third kappa shape index (κ3) is 2.90. The monoisotopic (exact) mass is 401 g/mol. The molecule has 0 radical (unpaired) electrons. The molecule has 3 aromatic heterocycles. The Morgan fingerprint density at radius 1 is 1.29 bits per heavy atom. The molecular weight excluding hydrogens is 378 g/mol. The lowest BCUT2D eigenvalue weighted by Gasteiger charge is -2.38. The van der Waals surface area contributed by atoms with E-state index in [2.05, 4.69) is 38.9 Å². The lowest BCUT2D eigenvalue weighted by Crippen LogP contribution is -2.31. The zero-order chi connectivity index (χ0) is 19.3. The molecule has 1 fully saturated rings. The summed E-state index contributed by atoms with van der Waals surface area (Å²) in [5.74, 6) is 1.13. The van der Waals surface area contributed by atoms with Crippen molar-refractivity contribution in [2.24, 2.45) is 5.41 Å². The molecule has 1 aliphatic carbocycles. The average molecular weight is 402 g/mol. The van der Waals surface area contributed by atoms with Crippen LogP contribution in [0.5, 0.6) is 5.88 Å². The van der Waals surface area contributed by atoms with Crippen LogP contribution in [0.3, 0.4) is 0 Å². The third-order valence-electron chi connectivity index (χ3n) is 5.89. The van der Waals surface area contributed by atoms with Gasteiger partial charge in [0.05, 0.1) is 17.7 Å². The molecule has 3 aromatic rings. The minimum absolute atomic E-state index is 0.328. The number of halogens is 1. The Kier molecular flexibility index (Phi) is 4.19. The molecule has 0 amide bonds. The molecule has 1 aliphatic heterocycles. The zero-order valence-corrected chi connectivity index (χ0v) is 17.0. The van der Waals surface area contributed by atoms with E-state index in [4.69, 9.17) is 21.4 Å². The summed E-state index contributed by atoms with van der Waals surface area (Å²) in [6.45, 7) is 6.62. The molecule has 0 unspecified atom stereocenters. The van der Waals surface area contributed by atoms with Crippen molar-refractivity contribution >= 4 is 34.3 Å². The van der Waals surface area contributed by atoms with Crippen LogP contribution in [0.4, 0.5) is 11.6 Å². The molecule has 2 aliphatic rings. The van der Waals surface area contributed by atoms with E-state index in [1.807, 2.05) is 4.68 Å². The maximum Gasteiger partial charge on any atom is 0.257 e. The lowest BCUT2D eigenvalue weighted by atomic mass is 9.70. The van der Waals surface area contributed by atoms with Gasteiger partial charge in [0.2, 0.25) is 5.95 Å². The van der Waals surface area contributed by atoms with E-state index in [0.29, 0.717) is 35.5 Å². The first-order valence-corrected chi connectivity index (χ1v) is 10.3. The summed E-state index contributed by atoms with van der Waals surface area (Å²) >= 11 is 6.24. The van der Waals surface area contributed by atoms with Crippen LogP contribution in [0.2, 0.25) is 5.15 Å². The minimum Gasteiger partial charge on any atom is -0.475 e. The summed E-state index contributed by atoms with van der Waals surface area (Å²) < 4.78 is 9.99. The highest BCUT2D eigenvalue weighted by Crippen LogP contribution is 2.43. The van der Waals surface area contributed by atoms with Crippen molar-refractivity contribution < 1.29 is 4.74 Å². The van der Waals surface area contributed by atoms with Gasteiger partial charge in [-0.05, 0) is 24.7 Å². The van der Waals surface area contributed by atoms with Gasteiger partial charge in [-0.3, -0.25) is 4.68 Å². The number of hydrogen-bond donors (Lipinski definition) is 1. The maximum absolute atomic E-state index is 6.24. The van der Waals surface area contributed by atoms with E-state index in [-0.39, 0.29) is 0 Å². The summed E-state index contributed by atoms with van der Waals surface area (Å²) in [4.78, 5) is 9.11. The fourth-order valence-electron chi connectivity index (χ4n) is 4.12. The third-order valence-corrected chi connectivity index (χ3v) is 6.17. The summed E-state index contributed by atoms with van der Waals surface area (Å²) in [5, 5.41) is 13.7. The first-order valence-electron chi connectivity index (χ1n) is 9.95. The smallest absolute Gasteiger partial charge is 0.257 e. The Hall–Kier alpha value is -2.35. The van der Waals surface area contributed by atoms with Gasteiger partial charge >= 0.3 is 0 Å². The molecule has 0 atom stereocenters. The highest BCUT2D eigenvalue weighted by molar-refractivity contribution is 6.34. The molecule has 8 nitrogen and oxygen atoms in total. The van der Waals surface area contributed by atoms with E-state index < -0.39 is 0 Å². The van der Waals surface area contributed by atoms with Gasteiger partial charge in [0.25, 0.3) is 5.88 Å². The van der Waals surface area contributed by atoms with Crippen molar-refractivity contribution in [3.05, 3.63) is 17.0 Å². The van der Waals surface area contributed by atoms with Crippen molar-refractivity contribution in [1.82, 2.24) is 29.5 Å².